The third kappa shape index (κ3) is 6.29. The van der Waals surface area contributed by atoms with Crippen molar-refractivity contribution in [3.05, 3.63) is 41.1 Å². The predicted molar refractivity (Wildman–Crippen MR) is 124 cm³/mol. The van der Waals surface area contributed by atoms with Gasteiger partial charge in [-0.2, -0.15) is 0 Å². The third-order valence-corrected chi connectivity index (χ3v) is 5.49. The normalized spacial score (nSPS) is 16.5. The highest BCUT2D eigenvalue weighted by atomic mass is 32.1. The van der Waals surface area contributed by atoms with Crippen molar-refractivity contribution in [1.29, 1.82) is 0 Å². The Bertz CT molecular complexity index is 802. The van der Waals surface area contributed by atoms with E-state index in [1.165, 1.54) is 0 Å². The molecule has 0 fully saturated rings. The molecule has 1 atom stereocenters. The Morgan fingerprint density at radius 2 is 1.87 bits per heavy atom. The molecule has 7 heteroatoms. The van der Waals surface area contributed by atoms with Crippen LogP contribution in [-0.4, -0.2) is 35.0 Å². The number of ether oxygens (including phenoxy) is 1. The summed E-state index contributed by atoms with van der Waals surface area (Å²) in [6, 6.07) is 7.09. The molecule has 0 bridgehead atoms. The van der Waals surface area contributed by atoms with Gasteiger partial charge in [-0.15, -0.1) is 0 Å². The summed E-state index contributed by atoms with van der Waals surface area (Å²) in [7, 11) is 1.82. The number of carbonyl (C=O) groups excluding carboxylic acids is 2. The fraction of sp³-hybridized carbons (Fsp3) is 0.522. The van der Waals surface area contributed by atoms with Crippen LogP contribution in [0.3, 0.4) is 0 Å². The highest BCUT2D eigenvalue weighted by Gasteiger charge is 2.33. The standard InChI is InChI=1S/C23H33N3O3S/c1-6-7-8-9-10-19(27)24-18-13-11-17(12-14-18)21-20(22(28)29-15(2)3)16(4)26(5)23(30)25-21/h11-15,21H,6-10H2,1-5H3,(H,24,27)(H,25,30)/t21-/m0/s1. The largest absolute Gasteiger partial charge is 0.459 e. The van der Waals surface area contributed by atoms with Gasteiger partial charge in [-0.3, -0.25) is 4.79 Å². The van der Waals surface area contributed by atoms with Crippen LogP contribution in [0.15, 0.2) is 35.5 Å². The summed E-state index contributed by atoms with van der Waals surface area (Å²) >= 11 is 5.42. The number of carbonyl (C=O) groups is 2. The number of esters is 1. The van der Waals surface area contributed by atoms with Gasteiger partial charge < -0.3 is 20.3 Å². The molecule has 2 N–H and O–H groups in total. The zero-order valence-corrected chi connectivity index (χ0v) is 19.4. The van der Waals surface area contributed by atoms with Gasteiger partial charge in [-0.05, 0) is 57.1 Å². The van der Waals surface area contributed by atoms with Gasteiger partial charge in [0.25, 0.3) is 0 Å². The molecule has 6 nitrogen and oxygen atoms in total. The van der Waals surface area contributed by atoms with Crippen molar-refractivity contribution in [2.24, 2.45) is 0 Å². The lowest BCUT2D eigenvalue weighted by molar-refractivity contribution is -0.143. The topological polar surface area (TPSA) is 70.7 Å². The van der Waals surface area contributed by atoms with E-state index in [2.05, 4.69) is 17.6 Å². The lowest BCUT2D eigenvalue weighted by Crippen LogP contribution is -2.46. The molecular weight excluding hydrogens is 398 g/mol. The van der Waals surface area contributed by atoms with Crippen LogP contribution in [0.1, 0.15) is 71.4 Å². The Hall–Kier alpha value is -2.41. The second kappa shape index (κ2) is 11.1. The molecular formula is C23H33N3O3S. The Balaban J connectivity index is 2.15. The van der Waals surface area contributed by atoms with Crippen molar-refractivity contribution in [1.82, 2.24) is 10.2 Å². The van der Waals surface area contributed by atoms with Crippen molar-refractivity contribution in [2.45, 2.75) is 71.9 Å². The molecule has 0 radical (unpaired) electrons. The number of anilines is 1. The van der Waals surface area contributed by atoms with Gasteiger partial charge in [-0.1, -0.05) is 38.3 Å². The third-order valence-electron chi connectivity index (χ3n) is 5.10. The van der Waals surface area contributed by atoms with Gasteiger partial charge in [-0.25, -0.2) is 4.79 Å². The number of thiocarbonyl (C=S) groups is 1. The van der Waals surface area contributed by atoms with Crippen molar-refractivity contribution in [3.8, 4) is 0 Å². The Morgan fingerprint density at radius 3 is 2.47 bits per heavy atom. The summed E-state index contributed by atoms with van der Waals surface area (Å²) in [4.78, 5) is 26.7. The quantitative estimate of drug-likeness (QED) is 0.336. The highest BCUT2D eigenvalue weighted by molar-refractivity contribution is 7.80. The molecule has 1 aromatic rings. The van der Waals surface area contributed by atoms with Crippen LogP contribution in [0.25, 0.3) is 0 Å². The van der Waals surface area contributed by atoms with Crippen LogP contribution < -0.4 is 10.6 Å². The first kappa shape index (κ1) is 23.9. The zero-order chi connectivity index (χ0) is 22.3. The summed E-state index contributed by atoms with van der Waals surface area (Å²) in [5, 5.41) is 6.71. The summed E-state index contributed by atoms with van der Waals surface area (Å²) in [6.45, 7) is 7.67. The number of rotatable bonds is 9. The molecule has 0 saturated carbocycles. The molecule has 1 amide bonds. The second-order valence-electron chi connectivity index (χ2n) is 7.88. The van der Waals surface area contributed by atoms with Crippen molar-refractivity contribution in [3.63, 3.8) is 0 Å². The molecule has 2 rings (SSSR count). The monoisotopic (exact) mass is 431 g/mol. The average molecular weight is 432 g/mol. The van der Waals surface area contributed by atoms with Gasteiger partial charge in [0.05, 0.1) is 17.7 Å². The fourth-order valence-corrected chi connectivity index (χ4v) is 3.58. The second-order valence-corrected chi connectivity index (χ2v) is 8.26. The number of nitrogens with zero attached hydrogens (tertiary/aromatic N) is 1. The number of nitrogens with one attached hydrogen (secondary N) is 2. The Morgan fingerprint density at radius 1 is 1.20 bits per heavy atom. The number of allylic oxidation sites excluding steroid dienone is 1. The van der Waals surface area contributed by atoms with E-state index in [0.717, 1.165) is 42.6 Å². The molecule has 0 spiro atoms. The van der Waals surface area contributed by atoms with Crippen molar-refractivity contribution < 1.29 is 14.3 Å². The molecule has 0 aromatic heterocycles. The van der Waals surface area contributed by atoms with E-state index in [4.69, 9.17) is 17.0 Å². The number of amides is 1. The van der Waals surface area contributed by atoms with E-state index in [-0.39, 0.29) is 18.0 Å². The van der Waals surface area contributed by atoms with Crippen molar-refractivity contribution >= 4 is 34.9 Å². The minimum atomic E-state index is -0.404. The van der Waals surface area contributed by atoms with E-state index in [9.17, 15) is 9.59 Å². The lowest BCUT2D eigenvalue weighted by Gasteiger charge is -2.35. The van der Waals surface area contributed by atoms with Crippen LogP contribution in [0.2, 0.25) is 0 Å². The molecule has 1 aromatic carbocycles. The van der Waals surface area contributed by atoms with Gasteiger partial charge in [0.2, 0.25) is 5.91 Å². The predicted octanol–water partition coefficient (Wildman–Crippen LogP) is 4.68. The first-order valence-electron chi connectivity index (χ1n) is 10.6. The van der Waals surface area contributed by atoms with Crippen LogP contribution in [0, 0.1) is 0 Å². The lowest BCUT2D eigenvalue weighted by atomic mass is 9.95. The highest BCUT2D eigenvalue weighted by Crippen LogP contribution is 2.31. The van der Waals surface area contributed by atoms with Gasteiger partial charge in [0.1, 0.15) is 0 Å². The fourth-order valence-electron chi connectivity index (χ4n) is 3.32. The Labute approximate surface area is 185 Å². The maximum Gasteiger partial charge on any atom is 0.338 e. The Kier molecular flexibility index (Phi) is 8.84. The smallest absolute Gasteiger partial charge is 0.338 e. The maximum absolute atomic E-state index is 12.8. The summed E-state index contributed by atoms with van der Waals surface area (Å²) in [5.41, 5.74) is 2.91. The average Bonchev–Trinajstić information content (AvgIpc) is 2.69. The van der Waals surface area contributed by atoms with E-state index in [0.29, 0.717) is 17.1 Å². The van der Waals surface area contributed by atoms with E-state index in [1.807, 2.05) is 52.1 Å². The van der Waals surface area contributed by atoms with Crippen LogP contribution in [0.4, 0.5) is 5.69 Å². The summed E-state index contributed by atoms with van der Waals surface area (Å²) in [5.74, 6) is -0.340. The summed E-state index contributed by atoms with van der Waals surface area (Å²) in [6.07, 6.45) is 4.60. The summed E-state index contributed by atoms with van der Waals surface area (Å²) < 4.78 is 5.46. The van der Waals surface area contributed by atoms with Crippen LogP contribution in [0.5, 0.6) is 0 Å². The molecule has 30 heavy (non-hydrogen) atoms. The maximum atomic E-state index is 12.8. The van der Waals surface area contributed by atoms with Gasteiger partial charge in [0.15, 0.2) is 5.11 Å². The zero-order valence-electron chi connectivity index (χ0n) is 18.6. The minimum Gasteiger partial charge on any atom is -0.459 e. The molecule has 0 unspecified atom stereocenters. The first-order valence-corrected chi connectivity index (χ1v) is 11.0. The van der Waals surface area contributed by atoms with Gasteiger partial charge >= 0.3 is 5.97 Å². The number of benzene rings is 1. The number of hydrogen-bond acceptors (Lipinski definition) is 4. The van der Waals surface area contributed by atoms with Crippen LogP contribution >= 0.6 is 12.2 Å². The van der Waals surface area contributed by atoms with Crippen molar-refractivity contribution in [2.75, 3.05) is 12.4 Å². The van der Waals surface area contributed by atoms with Gasteiger partial charge in [0, 0.05) is 24.9 Å². The SMILES string of the molecule is CCCCCCC(=O)Nc1ccc([C@@H]2NC(=S)N(C)C(C)=C2C(=O)OC(C)C)cc1. The van der Waals surface area contributed by atoms with E-state index in [1.54, 1.807) is 4.90 Å². The molecule has 164 valence electrons. The van der Waals surface area contributed by atoms with E-state index >= 15 is 0 Å². The number of unbranched alkanes of at least 4 members (excludes halogenated alkanes) is 3. The molecule has 0 aliphatic carbocycles. The molecule has 0 saturated heterocycles. The first-order chi connectivity index (χ1) is 14.2. The molecule has 1 aliphatic heterocycles. The molecule has 1 aliphatic rings. The van der Waals surface area contributed by atoms with E-state index < -0.39 is 6.04 Å². The minimum absolute atomic E-state index is 0.0226. The molecule has 1 heterocycles. The van der Waals surface area contributed by atoms with Crippen LogP contribution in [-0.2, 0) is 14.3 Å². The number of hydrogen-bond donors (Lipinski definition) is 2.